The molecule has 13 heavy (non-hydrogen) atoms. The monoisotopic (exact) mass is 186 g/mol. The number of rotatable bonds is 3. The van der Waals surface area contributed by atoms with Crippen LogP contribution in [-0.2, 0) is 0 Å². The first-order valence-corrected chi connectivity index (χ1v) is 5.37. The second kappa shape index (κ2) is 4.02. The summed E-state index contributed by atoms with van der Waals surface area (Å²) >= 11 is 0. The van der Waals surface area contributed by atoms with Gasteiger partial charge in [0.1, 0.15) is 0 Å². The third-order valence-corrected chi connectivity index (χ3v) is 3.61. The largest absolute Gasteiger partial charge is 0.0654 e. The molecule has 0 aliphatic heterocycles. The van der Waals surface area contributed by atoms with Crippen LogP contribution in [0, 0.1) is 10.8 Å². The summed E-state index contributed by atoms with van der Waals surface area (Å²) in [6.07, 6.45) is 1.35. The molecule has 0 amide bonds. The lowest BCUT2D eigenvalue weighted by Gasteiger charge is -2.43. The zero-order valence-electron chi connectivity index (χ0n) is 13.5. The van der Waals surface area contributed by atoms with Crippen molar-refractivity contribution in [2.75, 3.05) is 0 Å². The fraction of sp³-hybridized carbons (Fsp3) is 1.00. The highest BCUT2D eigenvalue weighted by Gasteiger charge is 2.35. The van der Waals surface area contributed by atoms with E-state index in [-0.39, 0.29) is 5.41 Å². The third kappa shape index (κ3) is 2.72. The van der Waals surface area contributed by atoms with Crippen molar-refractivity contribution < 1.29 is 5.48 Å². The standard InChI is InChI=1S/C13H26/c1-5-7-13(6-2)10-8-12(3,4)9-11-13/h5-11H2,1-4H3/i5D2,6D2. The van der Waals surface area contributed by atoms with Gasteiger partial charge in [-0.25, -0.2) is 0 Å². The molecule has 1 aliphatic carbocycles. The Morgan fingerprint density at radius 2 is 1.62 bits per heavy atom. The molecule has 0 unspecified atom stereocenters. The lowest BCUT2D eigenvalue weighted by molar-refractivity contribution is 0.0875. The fourth-order valence-corrected chi connectivity index (χ4v) is 2.26. The predicted octanol–water partition coefficient (Wildman–Crippen LogP) is 4.78. The maximum absolute atomic E-state index is 8.08. The van der Waals surface area contributed by atoms with Crippen LogP contribution in [0.3, 0.4) is 0 Å². The van der Waals surface area contributed by atoms with Crippen LogP contribution in [0.4, 0.5) is 0 Å². The summed E-state index contributed by atoms with van der Waals surface area (Å²) < 4.78 is 31.7. The molecule has 0 aromatic carbocycles. The molecule has 0 nitrogen and oxygen atoms in total. The van der Waals surface area contributed by atoms with E-state index in [4.69, 9.17) is 5.48 Å². The van der Waals surface area contributed by atoms with Crippen molar-refractivity contribution >= 4 is 0 Å². The van der Waals surface area contributed by atoms with Gasteiger partial charge in [0, 0.05) is 5.48 Å². The van der Waals surface area contributed by atoms with Gasteiger partial charge in [0.2, 0.25) is 0 Å². The summed E-state index contributed by atoms with van der Waals surface area (Å²) in [5.41, 5.74) is -0.198. The summed E-state index contributed by atoms with van der Waals surface area (Å²) in [5, 5.41) is 0. The van der Waals surface area contributed by atoms with E-state index in [0.29, 0.717) is 6.42 Å². The van der Waals surface area contributed by atoms with Crippen molar-refractivity contribution in [3.05, 3.63) is 0 Å². The Kier molecular flexibility index (Phi) is 2.00. The Hall–Kier alpha value is 0. The van der Waals surface area contributed by atoms with Gasteiger partial charge in [-0.2, -0.15) is 0 Å². The van der Waals surface area contributed by atoms with Crippen molar-refractivity contribution in [3.63, 3.8) is 0 Å². The normalized spacial score (nSPS) is 32.6. The Bertz CT molecular complexity index is 260. The minimum Gasteiger partial charge on any atom is -0.0654 e. The van der Waals surface area contributed by atoms with Crippen LogP contribution in [0.1, 0.15) is 78.0 Å². The SMILES string of the molecule is [2H]C([2H])(C)CC1(C([2H])([2H])C)CCC(C)(C)CC1. The molecule has 1 rings (SSSR count). The molecular weight excluding hydrogens is 156 g/mol. The van der Waals surface area contributed by atoms with E-state index in [9.17, 15) is 0 Å². The van der Waals surface area contributed by atoms with Crippen molar-refractivity contribution in [1.29, 1.82) is 0 Å². The molecule has 0 aromatic rings. The quantitative estimate of drug-likeness (QED) is 0.595. The maximum atomic E-state index is 8.08. The predicted molar refractivity (Wildman–Crippen MR) is 59.9 cm³/mol. The maximum Gasteiger partial charge on any atom is 0.0269 e. The van der Waals surface area contributed by atoms with Crippen LogP contribution in [0.25, 0.3) is 0 Å². The first-order valence-electron chi connectivity index (χ1n) is 7.37. The first kappa shape index (κ1) is 6.48. The van der Waals surface area contributed by atoms with Crippen LogP contribution < -0.4 is 0 Å². The van der Waals surface area contributed by atoms with E-state index in [1.165, 1.54) is 0 Å². The molecule has 0 heteroatoms. The summed E-state index contributed by atoms with van der Waals surface area (Å²) in [6, 6.07) is 0. The average Bonchev–Trinajstić information content (AvgIpc) is 2.05. The van der Waals surface area contributed by atoms with E-state index in [2.05, 4.69) is 13.8 Å². The van der Waals surface area contributed by atoms with Gasteiger partial charge in [-0.1, -0.05) is 40.4 Å². The van der Waals surface area contributed by atoms with Crippen LogP contribution in [0.2, 0.25) is 0 Å². The van der Waals surface area contributed by atoms with E-state index < -0.39 is 18.2 Å². The van der Waals surface area contributed by atoms with E-state index >= 15 is 0 Å². The molecular formula is C13H26. The van der Waals surface area contributed by atoms with Gasteiger partial charge in [-0.15, -0.1) is 0 Å². The first-order chi connectivity index (χ1) is 7.37. The van der Waals surface area contributed by atoms with Gasteiger partial charge in [0.25, 0.3) is 0 Å². The number of hydrogen-bond acceptors (Lipinski definition) is 0. The van der Waals surface area contributed by atoms with Gasteiger partial charge in [-0.3, -0.25) is 0 Å². The second-order valence-corrected chi connectivity index (χ2v) is 5.22. The Morgan fingerprint density at radius 1 is 1.08 bits per heavy atom. The zero-order chi connectivity index (χ0) is 13.5. The van der Waals surface area contributed by atoms with Crippen LogP contribution >= 0.6 is 0 Å². The Balaban J connectivity index is 2.91. The summed E-state index contributed by atoms with van der Waals surface area (Å²) in [5.74, 6) is 0. The molecule has 78 valence electrons. The fourth-order valence-electron chi connectivity index (χ4n) is 2.26. The molecule has 0 heterocycles. The average molecular weight is 186 g/mol. The van der Waals surface area contributed by atoms with E-state index in [0.717, 1.165) is 25.7 Å². The zero-order valence-corrected chi connectivity index (χ0v) is 9.54. The summed E-state index contributed by atoms with van der Waals surface area (Å²) in [6.45, 7) is 7.64. The molecule has 1 saturated carbocycles. The topological polar surface area (TPSA) is 0 Å². The minimum absolute atomic E-state index is 0.287. The Labute approximate surface area is 89.7 Å². The number of hydrogen-bond donors (Lipinski definition) is 0. The second-order valence-electron chi connectivity index (χ2n) is 5.22. The smallest absolute Gasteiger partial charge is 0.0269 e. The molecule has 0 saturated heterocycles. The Morgan fingerprint density at radius 3 is 2.00 bits per heavy atom. The highest BCUT2D eigenvalue weighted by Crippen LogP contribution is 2.49. The van der Waals surface area contributed by atoms with Crippen molar-refractivity contribution in [3.8, 4) is 0 Å². The van der Waals surface area contributed by atoms with Crippen molar-refractivity contribution in [2.24, 2.45) is 10.8 Å². The van der Waals surface area contributed by atoms with Crippen LogP contribution in [-0.4, -0.2) is 0 Å². The molecule has 0 aromatic heterocycles. The summed E-state index contributed by atoms with van der Waals surface area (Å²) in [4.78, 5) is 0. The molecule has 0 bridgehead atoms. The molecule has 1 aliphatic rings. The molecule has 0 N–H and O–H groups in total. The summed E-state index contributed by atoms with van der Waals surface area (Å²) in [7, 11) is 0. The highest BCUT2D eigenvalue weighted by atomic mass is 14.4. The van der Waals surface area contributed by atoms with Gasteiger partial charge in [0.15, 0.2) is 0 Å². The molecule has 1 fully saturated rings. The molecule has 0 spiro atoms. The van der Waals surface area contributed by atoms with E-state index in [1.807, 2.05) is 0 Å². The van der Waals surface area contributed by atoms with Gasteiger partial charge < -0.3 is 0 Å². The van der Waals surface area contributed by atoms with Crippen LogP contribution in [0.5, 0.6) is 0 Å². The lowest BCUT2D eigenvalue weighted by Crippen LogP contribution is -2.30. The third-order valence-electron chi connectivity index (χ3n) is 3.61. The minimum atomic E-state index is -1.30. The van der Waals surface area contributed by atoms with Gasteiger partial charge >= 0.3 is 0 Å². The van der Waals surface area contributed by atoms with E-state index in [1.54, 1.807) is 13.8 Å². The van der Waals surface area contributed by atoms with Crippen LogP contribution in [0.15, 0.2) is 0 Å². The molecule has 0 atom stereocenters. The molecule has 0 radical (unpaired) electrons. The van der Waals surface area contributed by atoms with Gasteiger partial charge in [-0.05, 0) is 42.9 Å². The van der Waals surface area contributed by atoms with Gasteiger partial charge in [0.05, 0.1) is 0 Å². The van der Waals surface area contributed by atoms with Crippen molar-refractivity contribution in [1.82, 2.24) is 0 Å². The highest BCUT2D eigenvalue weighted by molar-refractivity contribution is 4.87. The lowest BCUT2D eigenvalue weighted by atomic mass is 9.62. The van der Waals surface area contributed by atoms with Crippen molar-refractivity contribution in [2.45, 2.75) is 72.5 Å².